The van der Waals surface area contributed by atoms with Crippen molar-refractivity contribution >= 4 is 11.3 Å². The molecule has 0 saturated carbocycles. The first-order valence-corrected chi connectivity index (χ1v) is 4.41. The van der Waals surface area contributed by atoms with E-state index in [1.807, 2.05) is 5.38 Å². The zero-order valence-corrected chi connectivity index (χ0v) is 7.14. The van der Waals surface area contributed by atoms with E-state index < -0.39 is 0 Å². The van der Waals surface area contributed by atoms with Gasteiger partial charge in [0.1, 0.15) is 5.01 Å². The van der Waals surface area contributed by atoms with Crippen molar-refractivity contribution in [3.05, 3.63) is 23.6 Å². The summed E-state index contributed by atoms with van der Waals surface area (Å²) >= 11 is 1.57. The lowest BCUT2D eigenvalue weighted by atomic mass is 10.5. The van der Waals surface area contributed by atoms with Gasteiger partial charge in [-0.25, -0.2) is 9.97 Å². The third-order valence-corrected chi connectivity index (χ3v) is 2.41. The molecule has 0 aliphatic heterocycles. The highest BCUT2D eigenvalue weighted by Gasteiger charge is 2.03. The molecule has 0 atom stereocenters. The standard InChI is InChI=1S/C7H8N4S/c8-1-5-3-12-7(11-5)6-2-9-4-10-6/h2-4H,1,8H2,(H,9,10). The van der Waals surface area contributed by atoms with Crippen LogP contribution in [0.5, 0.6) is 0 Å². The Hall–Kier alpha value is -1.20. The smallest absolute Gasteiger partial charge is 0.141 e. The van der Waals surface area contributed by atoms with E-state index in [1.54, 1.807) is 23.9 Å². The van der Waals surface area contributed by atoms with Crippen LogP contribution in [-0.4, -0.2) is 15.0 Å². The molecule has 0 aliphatic rings. The first kappa shape index (κ1) is 7.45. The summed E-state index contributed by atoms with van der Waals surface area (Å²) in [6, 6.07) is 0. The van der Waals surface area contributed by atoms with E-state index >= 15 is 0 Å². The zero-order chi connectivity index (χ0) is 8.39. The van der Waals surface area contributed by atoms with Gasteiger partial charge in [0, 0.05) is 11.9 Å². The monoisotopic (exact) mass is 180 g/mol. The van der Waals surface area contributed by atoms with Crippen molar-refractivity contribution in [2.24, 2.45) is 5.73 Å². The summed E-state index contributed by atoms with van der Waals surface area (Å²) in [4.78, 5) is 11.2. The van der Waals surface area contributed by atoms with E-state index in [2.05, 4.69) is 15.0 Å². The Morgan fingerprint density at radius 2 is 2.50 bits per heavy atom. The average molecular weight is 180 g/mol. The van der Waals surface area contributed by atoms with Gasteiger partial charge in [-0.15, -0.1) is 11.3 Å². The maximum atomic E-state index is 5.43. The predicted octanol–water partition coefficient (Wildman–Crippen LogP) is 0.992. The van der Waals surface area contributed by atoms with Gasteiger partial charge in [-0.2, -0.15) is 0 Å². The molecule has 0 fully saturated rings. The molecule has 0 aliphatic carbocycles. The Kier molecular flexibility index (Phi) is 1.89. The molecular weight excluding hydrogens is 172 g/mol. The molecule has 4 nitrogen and oxygen atoms in total. The van der Waals surface area contributed by atoms with Crippen molar-refractivity contribution < 1.29 is 0 Å². The number of rotatable bonds is 2. The SMILES string of the molecule is NCc1csc(-c2cnc[nH]2)n1. The van der Waals surface area contributed by atoms with Crippen LogP contribution in [-0.2, 0) is 6.54 Å². The van der Waals surface area contributed by atoms with Gasteiger partial charge in [-0.3, -0.25) is 0 Å². The Bertz CT molecular complexity index is 351. The first-order valence-electron chi connectivity index (χ1n) is 3.53. The summed E-state index contributed by atoms with van der Waals surface area (Å²) in [7, 11) is 0. The van der Waals surface area contributed by atoms with Crippen molar-refractivity contribution in [1.82, 2.24) is 15.0 Å². The van der Waals surface area contributed by atoms with E-state index in [1.165, 1.54) is 0 Å². The Morgan fingerprint density at radius 1 is 1.58 bits per heavy atom. The molecule has 0 bridgehead atoms. The first-order chi connectivity index (χ1) is 5.90. The summed E-state index contributed by atoms with van der Waals surface area (Å²) in [6.45, 7) is 0.491. The van der Waals surface area contributed by atoms with E-state index in [0.717, 1.165) is 16.4 Å². The second-order valence-electron chi connectivity index (χ2n) is 2.31. The quantitative estimate of drug-likeness (QED) is 0.724. The van der Waals surface area contributed by atoms with Crippen LogP contribution in [0.4, 0.5) is 0 Å². The van der Waals surface area contributed by atoms with Crippen molar-refractivity contribution in [3.63, 3.8) is 0 Å². The molecular formula is C7H8N4S. The van der Waals surface area contributed by atoms with Crippen molar-refractivity contribution in [3.8, 4) is 10.7 Å². The number of aromatic amines is 1. The van der Waals surface area contributed by atoms with Crippen molar-refractivity contribution in [1.29, 1.82) is 0 Å². The lowest BCUT2D eigenvalue weighted by Gasteiger charge is -1.86. The van der Waals surface area contributed by atoms with Gasteiger partial charge in [-0.05, 0) is 0 Å². The van der Waals surface area contributed by atoms with Gasteiger partial charge in [0.15, 0.2) is 0 Å². The lowest BCUT2D eigenvalue weighted by molar-refractivity contribution is 1.01. The van der Waals surface area contributed by atoms with E-state index in [9.17, 15) is 0 Å². The molecule has 0 amide bonds. The average Bonchev–Trinajstić information content (AvgIpc) is 2.75. The number of thiazole rings is 1. The Labute approximate surface area is 73.5 Å². The summed E-state index contributed by atoms with van der Waals surface area (Å²) in [6.07, 6.45) is 3.39. The summed E-state index contributed by atoms with van der Waals surface area (Å²) in [5.41, 5.74) is 7.30. The number of aromatic nitrogens is 3. The maximum Gasteiger partial charge on any atom is 0.141 e. The molecule has 62 valence electrons. The summed E-state index contributed by atoms with van der Waals surface area (Å²) in [5, 5.41) is 2.89. The van der Waals surface area contributed by atoms with Crippen LogP contribution in [0, 0.1) is 0 Å². The molecule has 2 aromatic rings. The number of hydrogen-bond donors (Lipinski definition) is 2. The largest absolute Gasteiger partial charge is 0.343 e. The minimum Gasteiger partial charge on any atom is -0.343 e. The van der Waals surface area contributed by atoms with Crippen LogP contribution in [0.2, 0.25) is 0 Å². The van der Waals surface area contributed by atoms with E-state index in [-0.39, 0.29) is 0 Å². The minimum atomic E-state index is 0.491. The number of nitrogens with two attached hydrogens (primary N) is 1. The molecule has 12 heavy (non-hydrogen) atoms. The van der Waals surface area contributed by atoms with Crippen molar-refractivity contribution in [2.45, 2.75) is 6.54 Å². The number of hydrogen-bond acceptors (Lipinski definition) is 4. The second kappa shape index (κ2) is 3.04. The molecule has 0 saturated heterocycles. The summed E-state index contributed by atoms with van der Waals surface area (Å²) in [5.74, 6) is 0. The van der Waals surface area contributed by atoms with Gasteiger partial charge in [0.25, 0.3) is 0 Å². The fourth-order valence-electron chi connectivity index (χ4n) is 0.897. The lowest BCUT2D eigenvalue weighted by Crippen LogP contribution is -1.95. The molecule has 0 spiro atoms. The molecule has 2 heterocycles. The Balaban J connectivity index is 2.35. The fourth-order valence-corrected chi connectivity index (χ4v) is 1.70. The van der Waals surface area contributed by atoms with Crippen LogP contribution in [0.3, 0.4) is 0 Å². The Morgan fingerprint density at radius 3 is 3.08 bits per heavy atom. The van der Waals surface area contributed by atoms with Crippen LogP contribution in [0.1, 0.15) is 5.69 Å². The highest BCUT2D eigenvalue weighted by Crippen LogP contribution is 2.20. The number of nitrogens with zero attached hydrogens (tertiary/aromatic N) is 2. The van der Waals surface area contributed by atoms with Gasteiger partial charge >= 0.3 is 0 Å². The second-order valence-corrected chi connectivity index (χ2v) is 3.17. The van der Waals surface area contributed by atoms with Crippen LogP contribution >= 0.6 is 11.3 Å². The molecule has 0 unspecified atom stereocenters. The highest BCUT2D eigenvalue weighted by atomic mass is 32.1. The number of H-pyrrole nitrogens is 1. The maximum absolute atomic E-state index is 5.43. The van der Waals surface area contributed by atoms with Crippen molar-refractivity contribution in [2.75, 3.05) is 0 Å². The van der Waals surface area contributed by atoms with Crippen LogP contribution in [0.15, 0.2) is 17.9 Å². The van der Waals surface area contributed by atoms with E-state index in [0.29, 0.717) is 6.54 Å². The normalized spacial score (nSPS) is 10.4. The molecule has 0 radical (unpaired) electrons. The summed E-state index contributed by atoms with van der Waals surface area (Å²) < 4.78 is 0. The fraction of sp³-hybridized carbons (Fsp3) is 0.143. The third kappa shape index (κ3) is 1.24. The van der Waals surface area contributed by atoms with Gasteiger partial charge in [0.05, 0.1) is 23.9 Å². The molecule has 2 rings (SSSR count). The van der Waals surface area contributed by atoms with Crippen LogP contribution < -0.4 is 5.73 Å². The number of imidazole rings is 1. The highest BCUT2D eigenvalue weighted by molar-refractivity contribution is 7.13. The number of nitrogens with one attached hydrogen (secondary N) is 1. The molecule has 3 N–H and O–H groups in total. The molecule has 5 heteroatoms. The van der Waals surface area contributed by atoms with Gasteiger partial charge in [0.2, 0.25) is 0 Å². The van der Waals surface area contributed by atoms with Gasteiger partial charge in [-0.1, -0.05) is 0 Å². The zero-order valence-electron chi connectivity index (χ0n) is 6.32. The molecule has 0 aromatic carbocycles. The minimum absolute atomic E-state index is 0.491. The van der Waals surface area contributed by atoms with Gasteiger partial charge < -0.3 is 10.7 Å². The topological polar surface area (TPSA) is 67.6 Å². The predicted molar refractivity (Wildman–Crippen MR) is 47.6 cm³/mol. The molecule has 2 aromatic heterocycles. The van der Waals surface area contributed by atoms with E-state index in [4.69, 9.17) is 5.73 Å². The third-order valence-electron chi connectivity index (χ3n) is 1.49. The van der Waals surface area contributed by atoms with Crippen LogP contribution in [0.25, 0.3) is 10.7 Å².